The number of rotatable bonds is 11. The lowest BCUT2D eigenvalue weighted by atomic mass is 10.0. The molecule has 5 atom stereocenters. The molecule has 1 aliphatic heterocycles. The molecule has 6 heteroatoms. The van der Waals surface area contributed by atoms with Crippen molar-refractivity contribution in [2.45, 2.75) is 102 Å². The van der Waals surface area contributed by atoms with Crippen LogP contribution in [0.5, 0.6) is 0 Å². The predicted octanol–water partition coefficient (Wildman–Crippen LogP) is 2.45. The Morgan fingerprint density at radius 2 is 1.74 bits per heavy atom. The Balaban J connectivity index is 2.04. The molecule has 0 aliphatic carbocycles. The van der Waals surface area contributed by atoms with Crippen molar-refractivity contribution in [1.82, 2.24) is 0 Å². The van der Waals surface area contributed by atoms with Crippen molar-refractivity contribution in [2.24, 2.45) is 0 Å². The van der Waals surface area contributed by atoms with Crippen LogP contribution in [0.1, 0.15) is 71.6 Å². The smallest absolute Gasteiger partial charge is 0.303 e. The van der Waals surface area contributed by atoms with E-state index >= 15 is 0 Å². The molecule has 0 aromatic rings. The van der Waals surface area contributed by atoms with Gasteiger partial charge in [-0.25, -0.2) is 0 Å². The van der Waals surface area contributed by atoms with Crippen molar-refractivity contribution in [3.8, 4) is 0 Å². The van der Waals surface area contributed by atoms with Crippen molar-refractivity contribution in [2.75, 3.05) is 0 Å². The topological polar surface area (TPSA) is 96.2 Å². The van der Waals surface area contributed by atoms with E-state index in [9.17, 15) is 15.0 Å². The fourth-order valence-corrected chi connectivity index (χ4v) is 2.78. The first-order chi connectivity index (χ1) is 10.9. The van der Waals surface area contributed by atoms with Gasteiger partial charge in [0, 0.05) is 12.8 Å². The molecule has 0 spiro atoms. The van der Waals surface area contributed by atoms with Gasteiger partial charge in [-0.05, 0) is 26.7 Å². The Kier molecular flexibility index (Phi) is 9.71. The molecule has 1 rings (SSSR count). The van der Waals surface area contributed by atoms with Crippen LogP contribution in [0.3, 0.4) is 0 Å². The molecule has 0 aromatic carbocycles. The van der Waals surface area contributed by atoms with Crippen LogP contribution in [0.4, 0.5) is 0 Å². The van der Waals surface area contributed by atoms with Crippen LogP contribution in [0.15, 0.2) is 0 Å². The van der Waals surface area contributed by atoms with E-state index in [0.29, 0.717) is 0 Å². The number of hydrogen-bond acceptors (Lipinski definition) is 5. The zero-order valence-corrected chi connectivity index (χ0v) is 14.3. The first kappa shape index (κ1) is 20.4. The number of carboxylic acid groups (broad SMARTS) is 1. The Morgan fingerprint density at radius 1 is 1.13 bits per heavy atom. The molecule has 6 nitrogen and oxygen atoms in total. The van der Waals surface area contributed by atoms with E-state index in [1.54, 1.807) is 6.92 Å². The largest absolute Gasteiger partial charge is 0.481 e. The molecule has 23 heavy (non-hydrogen) atoms. The van der Waals surface area contributed by atoms with E-state index in [1.165, 1.54) is 0 Å². The Bertz CT molecular complexity index is 335. The number of unbranched alkanes of at least 4 members (excludes halogenated alkanes) is 5. The predicted molar refractivity (Wildman–Crippen MR) is 86.1 cm³/mol. The molecule has 1 aliphatic rings. The summed E-state index contributed by atoms with van der Waals surface area (Å²) in [5.41, 5.74) is 0. The number of aliphatic hydroxyl groups is 2. The zero-order valence-electron chi connectivity index (χ0n) is 14.3. The third-order valence-corrected chi connectivity index (χ3v) is 4.31. The van der Waals surface area contributed by atoms with Gasteiger partial charge in [-0.3, -0.25) is 4.79 Å². The van der Waals surface area contributed by atoms with E-state index in [4.69, 9.17) is 14.6 Å². The highest BCUT2D eigenvalue weighted by Crippen LogP contribution is 2.23. The Hall–Kier alpha value is -0.690. The van der Waals surface area contributed by atoms with Gasteiger partial charge in [-0.1, -0.05) is 32.1 Å². The molecule has 5 unspecified atom stereocenters. The monoisotopic (exact) mass is 332 g/mol. The molecular formula is C17H32O6. The van der Waals surface area contributed by atoms with Crippen molar-refractivity contribution in [1.29, 1.82) is 0 Å². The SMILES string of the molecule is CC(CCCCCCCCC(=O)O)OC1OC(C)C(O)CC1O. The third kappa shape index (κ3) is 8.65. The highest BCUT2D eigenvalue weighted by Gasteiger charge is 2.35. The molecule has 1 saturated heterocycles. The van der Waals surface area contributed by atoms with Gasteiger partial charge in [0.25, 0.3) is 0 Å². The Morgan fingerprint density at radius 3 is 2.39 bits per heavy atom. The minimum Gasteiger partial charge on any atom is -0.481 e. The molecule has 0 amide bonds. The quantitative estimate of drug-likeness (QED) is 0.503. The standard InChI is InChI=1S/C17H32O6/c1-12(9-7-5-3-4-6-8-10-16(20)21)22-17-15(19)11-14(18)13(2)23-17/h12-15,17-19H,3-11H2,1-2H3,(H,20,21). The maximum atomic E-state index is 10.4. The molecule has 1 fully saturated rings. The number of hydrogen-bond donors (Lipinski definition) is 3. The second-order valence-corrected chi connectivity index (χ2v) is 6.58. The second-order valence-electron chi connectivity index (χ2n) is 6.58. The number of carboxylic acids is 1. The van der Waals surface area contributed by atoms with E-state index in [2.05, 4.69) is 0 Å². The molecule has 136 valence electrons. The van der Waals surface area contributed by atoms with Crippen LogP contribution in [-0.4, -0.2) is 52.0 Å². The van der Waals surface area contributed by atoms with E-state index in [1.807, 2.05) is 6.92 Å². The summed E-state index contributed by atoms with van der Waals surface area (Å²) >= 11 is 0. The van der Waals surface area contributed by atoms with Crippen LogP contribution >= 0.6 is 0 Å². The zero-order chi connectivity index (χ0) is 17.2. The third-order valence-electron chi connectivity index (χ3n) is 4.31. The van der Waals surface area contributed by atoms with Gasteiger partial charge in [0.2, 0.25) is 0 Å². The molecule has 0 aromatic heterocycles. The van der Waals surface area contributed by atoms with Gasteiger partial charge >= 0.3 is 5.97 Å². The lowest BCUT2D eigenvalue weighted by Gasteiger charge is -2.36. The summed E-state index contributed by atoms with van der Waals surface area (Å²) in [4.78, 5) is 10.4. The van der Waals surface area contributed by atoms with Crippen LogP contribution in [-0.2, 0) is 14.3 Å². The summed E-state index contributed by atoms with van der Waals surface area (Å²) < 4.78 is 11.2. The van der Waals surface area contributed by atoms with Crippen molar-refractivity contribution < 1.29 is 29.6 Å². The van der Waals surface area contributed by atoms with E-state index in [0.717, 1.165) is 44.9 Å². The summed E-state index contributed by atoms with van der Waals surface area (Å²) in [6, 6.07) is 0. The minimum absolute atomic E-state index is 0.00380. The van der Waals surface area contributed by atoms with Crippen LogP contribution < -0.4 is 0 Å². The average Bonchev–Trinajstić information content (AvgIpc) is 2.47. The van der Waals surface area contributed by atoms with Crippen LogP contribution in [0, 0.1) is 0 Å². The maximum absolute atomic E-state index is 10.4. The number of carbonyl (C=O) groups is 1. The lowest BCUT2D eigenvalue weighted by molar-refractivity contribution is -0.273. The first-order valence-electron chi connectivity index (χ1n) is 8.79. The average molecular weight is 332 g/mol. The summed E-state index contributed by atoms with van der Waals surface area (Å²) in [6.07, 6.45) is 5.13. The number of aliphatic hydroxyl groups excluding tert-OH is 2. The van der Waals surface area contributed by atoms with Gasteiger partial charge < -0.3 is 24.8 Å². The van der Waals surface area contributed by atoms with E-state index < -0.39 is 24.5 Å². The van der Waals surface area contributed by atoms with Gasteiger partial charge in [0.15, 0.2) is 6.29 Å². The lowest BCUT2D eigenvalue weighted by Crippen LogP contribution is -2.48. The number of ether oxygens (including phenoxy) is 2. The molecular weight excluding hydrogens is 300 g/mol. The van der Waals surface area contributed by atoms with Crippen LogP contribution in [0.2, 0.25) is 0 Å². The van der Waals surface area contributed by atoms with Gasteiger partial charge in [0.1, 0.15) is 6.10 Å². The summed E-state index contributed by atoms with van der Waals surface area (Å²) in [5, 5.41) is 28.0. The van der Waals surface area contributed by atoms with Crippen molar-refractivity contribution >= 4 is 5.97 Å². The molecule has 1 heterocycles. The Labute approximate surface area is 138 Å². The normalized spacial score (nSPS) is 29.4. The van der Waals surface area contributed by atoms with Gasteiger partial charge in [-0.2, -0.15) is 0 Å². The molecule has 0 saturated carbocycles. The summed E-state index contributed by atoms with van der Waals surface area (Å²) in [5.74, 6) is -0.718. The molecule has 0 bridgehead atoms. The molecule has 0 radical (unpaired) electrons. The van der Waals surface area contributed by atoms with Gasteiger partial charge in [0.05, 0.1) is 18.3 Å². The van der Waals surface area contributed by atoms with Gasteiger partial charge in [-0.15, -0.1) is 0 Å². The first-order valence-corrected chi connectivity index (χ1v) is 8.79. The second kappa shape index (κ2) is 11.0. The minimum atomic E-state index is -0.780. The fraction of sp³-hybridized carbons (Fsp3) is 0.941. The van der Waals surface area contributed by atoms with Crippen LogP contribution in [0.25, 0.3) is 0 Å². The van der Waals surface area contributed by atoms with E-state index in [-0.39, 0.29) is 25.0 Å². The highest BCUT2D eigenvalue weighted by molar-refractivity contribution is 5.66. The highest BCUT2D eigenvalue weighted by atomic mass is 16.7. The molecule has 3 N–H and O–H groups in total. The van der Waals surface area contributed by atoms with Crippen molar-refractivity contribution in [3.63, 3.8) is 0 Å². The number of aliphatic carboxylic acids is 1. The summed E-state index contributed by atoms with van der Waals surface area (Å²) in [7, 11) is 0. The fourth-order valence-electron chi connectivity index (χ4n) is 2.78. The summed E-state index contributed by atoms with van der Waals surface area (Å²) in [6.45, 7) is 3.75. The van der Waals surface area contributed by atoms with Crippen molar-refractivity contribution in [3.05, 3.63) is 0 Å². The maximum Gasteiger partial charge on any atom is 0.303 e.